The molecule has 0 N–H and O–H groups in total. The first-order valence-electron chi connectivity index (χ1n) is 11.9. The number of allylic oxidation sites excluding steroid dienone is 1. The molecule has 2 nitrogen and oxygen atoms in total. The van der Waals surface area contributed by atoms with E-state index in [-0.39, 0.29) is 26.5 Å². The van der Waals surface area contributed by atoms with Gasteiger partial charge in [-0.05, 0) is 0 Å². The van der Waals surface area contributed by atoms with Crippen LogP contribution in [0.2, 0.25) is 5.32 Å². The fraction of sp³-hybridized carbons (Fsp3) is 0.125. The summed E-state index contributed by atoms with van der Waals surface area (Å²) in [7, 11) is 0. The molecule has 0 saturated heterocycles. The van der Waals surface area contributed by atoms with Crippen LogP contribution in [-0.4, -0.2) is 26.5 Å². The molecule has 4 aromatic rings. The number of Topliss-reactive ketones (excluding diaryl/α,β-unsaturated/α-hetero) is 2. The maximum atomic E-state index is 14.2. The summed E-state index contributed by atoms with van der Waals surface area (Å²) in [6, 6.07) is 35.3. The van der Waals surface area contributed by atoms with Gasteiger partial charge in [-0.2, -0.15) is 0 Å². The molecule has 0 aliphatic heterocycles. The Morgan fingerprint density at radius 3 is 2.14 bits per heavy atom. The first-order valence-corrected chi connectivity index (χ1v) is 14.7. The number of ketones is 2. The van der Waals surface area contributed by atoms with Gasteiger partial charge in [0, 0.05) is 0 Å². The zero-order chi connectivity index (χ0) is 25.3. The minimum absolute atomic E-state index is 0.111. The zero-order valence-corrected chi connectivity index (χ0v) is 23.4. The Kier molecular flexibility index (Phi) is 9.24. The van der Waals surface area contributed by atoms with Crippen LogP contribution in [0.15, 0.2) is 114 Å². The summed E-state index contributed by atoms with van der Waals surface area (Å²) in [5.74, 6) is -0.979. The molecule has 4 rings (SSSR count). The van der Waals surface area contributed by atoms with Crippen LogP contribution in [0.5, 0.6) is 0 Å². The van der Waals surface area contributed by atoms with Crippen molar-refractivity contribution in [2.45, 2.75) is 18.7 Å². The van der Waals surface area contributed by atoms with E-state index in [4.69, 9.17) is 0 Å². The SMILES string of the molecule is Cc1ccc(C(=O)C(CC[Se]c2ccccc2)C(=O)/C(=C/c2cccc(Br)c2)c2ccccc2)cc1. The molecule has 0 heterocycles. The quantitative estimate of drug-likeness (QED) is 0.0633. The van der Waals surface area contributed by atoms with Crippen LogP contribution in [0, 0.1) is 12.8 Å². The van der Waals surface area contributed by atoms with Gasteiger partial charge < -0.3 is 0 Å². The molecule has 0 aliphatic rings. The Hall–Kier alpha value is -3.04. The third kappa shape index (κ3) is 7.01. The summed E-state index contributed by atoms with van der Waals surface area (Å²) in [5.41, 5.74) is 3.96. The van der Waals surface area contributed by atoms with Gasteiger partial charge in [-0.3, -0.25) is 0 Å². The van der Waals surface area contributed by atoms with Gasteiger partial charge in [-0.1, -0.05) is 0 Å². The summed E-state index contributed by atoms with van der Waals surface area (Å²) in [4.78, 5) is 27.9. The molecule has 0 fully saturated rings. The zero-order valence-electron chi connectivity index (χ0n) is 20.1. The maximum absolute atomic E-state index is 14.2. The number of halogens is 1. The van der Waals surface area contributed by atoms with Crippen molar-refractivity contribution in [3.8, 4) is 0 Å². The molecule has 180 valence electrons. The second kappa shape index (κ2) is 12.8. The van der Waals surface area contributed by atoms with E-state index >= 15 is 0 Å². The number of benzene rings is 4. The topological polar surface area (TPSA) is 34.1 Å². The number of aryl methyl sites for hydroxylation is 1. The van der Waals surface area contributed by atoms with E-state index in [1.54, 1.807) is 0 Å². The van der Waals surface area contributed by atoms with Crippen molar-refractivity contribution >= 4 is 58.6 Å². The van der Waals surface area contributed by atoms with Gasteiger partial charge in [0.2, 0.25) is 0 Å². The van der Waals surface area contributed by atoms with Crippen LogP contribution in [-0.2, 0) is 4.79 Å². The number of hydrogen-bond acceptors (Lipinski definition) is 2. The van der Waals surface area contributed by atoms with Crippen LogP contribution >= 0.6 is 15.9 Å². The number of carbonyl (C=O) groups is 2. The molecule has 0 aromatic heterocycles. The van der Waals surface area contributed by atoms with Crippen LogP contribution < -0.4 is 4.46 Å². The molecule has 0 aliphatic carbocycles. The van der Waals surface area contributed by atoms with Crippen molar-refractivity contribution in [2.75, 3.05) is 0 Å². The van der Waals surface area contributed by atoms with Crippen molar-refractivity contribution in [2.24, 2.45) is 5.92 Å². The van der Waals surface area contributed by atoms with Gasteiger partial charge in [0.1, 0.15) is 0 Å². The molecule has 0 radical (unpaired) electrons. The molecule has 4 heteroatoms. The Balaban J connectivity index is 1.70. The van der Waals surface area contributed by atoms with E-state index in [1.165, 1.54) is 4.46 Å². The van der Waals surface area contributed by atoms with Crippen molar-refractivity contribution in [3.05, 3.63) is 136 Å². The molecule has 4 aromatic carbocycles. The Bertz CT molecular complexity index is 1350. The van der Waals surface area contributed by atoms with E-state index in [0.29, 0.717) is 17.6 Å². The summed E-state index contributed by atoms with van der Waals surface area (Å²) in [6.07, 6.45) is 2.42. The Morgan fingerprint density at radius 2 is 1.47 bits per heavy atom. The molecule has 0 spiro atoms. The predicted molar refractivity (Wildman–Crippen MR) is 154 cm³/mol. The summed E-state index contributed by atoms with van der Waals surface area (Å²) in [5, 5.41) is 0.810. The van der Waals surface area contributed by atoms with Crippen molar-refractivity contribution in [1.29, 1.82) is 0 Å². The van der Waals surface area contributed by atoms with Gasteiger partial charge in [0.15, 0.2) is 0 Å². The first kappa shape index (κ1) is 26.0. The van der Waals surface area contributed by atoms with Gasteiger partial charge in [-0.25, -0.2) is 0 Å². The summed E-state index contributed by atoms with van der Waals surface area (Å²) < 4.78 is 2.21. The van der Waals surface area contributed by atoms with Gasteiger partial charge in [0.25, 0.3) is 0 Å². The predicted octanol–water partition coefficient (Wildman–Crippen LogP) is 7.20. The first-order chi connectivity index (χ1) is 17.5. The fourth-order valence-corrected chi connectivity index (χ4v) is 6.36. The van der Waals surface area contributed by atoms with Crippen molar-refractivity contribution in [1.82, 2.24) is 0 Å². The van der Waals surface area contributed by atoms with Crippen LogP contribution in [0.25, 0.3) is 11.6 Å². The van der Waals surface area contributed by atoms with Crippen molar-refractivity contribution in [3.63, 3.8) is 0 Å². The second-order valence-corrected chi connectivity index (χ2v) is 11.9. The minimum atomic E-state index is -0.739. The van der Waals surface area contributed by atoms with Gasteiger partial charge in [-0.15, -0.1) is 0 Å². The average Bonchev–Trinajstić information content (AvgIpc) is 2.91. The summed E-state index contributed by atoms with van der Waals surface area (Å²) >= 11 is 3.71. The molecule has 0 bridgehead atoms. The van der Waals surface area contributed by atoms with E-state index in [9.17, 15) is 9.59 Å². The second-order valence-electron chi connectivity index (χ2n) is 8.58. The molecular formula is C32H27BrO2Se. The van der Waals surface area contributed by atoms with Crippen molar-refractivity contribution < 1.29 is 9.59 Å². The number of hydrogen-bond donors (Lipinski definition) is 0. The molecule has 0 amide bonds. The fourth-order valence-electron chi connectivity index (χ4n) is 3.98. The van der Waals surface area contributed by atoms with E-state index in [2.05, 4.69) is 28.1 Å². The molecule has 1 unspecified atom stereocenters. The summed E-state index contributed by atoms with van der Waals surface area (Å²) in [6.45, 7) is 1.99. The normalized spacial score (nSPS) is 12.2. The van der Waals surface area contributed by atoms with Gasteiger partial charge >= 0.3 is 229 Å². The Labute approximate surface area is 227 Å². The van der Waals surface area contributed by atoms with Gasteiger partial charge in [0.05, 0.1) is 0 Å². The third-order valence-electron chi connectivity index (χ3n) is 5.90. The van der Waals surface area contributed by atoms with E-state index in [1.807, 2.05) is 110 Å². The Morgan fingerprint density at radius 1 is 0.806 bits per heavy atom. The molecule has 0 saturated carbocycles. The van der Waals surface area contributed by atoms with E-state index in [0.717, 1.165) is 26.5 Å². The number of carbonyl (C=O) groups excluding carboxylic acids is 2. The average molecular weight is 602 g/mol. The monoisotopic (exact) mass is 602 g/mol. The third-order valence-corrected chi connectivity index (χ3v) is 8.58. The number of rotatable bonds is 10. The molecular weight excluding hydrogens is 575 g/mol. The standard InChI is InChI=1S/C32H27BrO2Se/c1-23-15-17-26(18-16-23)31(34)29(19-20-36-28-13-6-3-7-14-28)32(35)30(25-10-4-2-5-11-25)22-24-9-8-12-27(33)21-24/h2-18,21-22,29H,19-20H2,1H3/b30-22+. The molecule has 36 heavy (non-hydrogen) atoms. The van der Waals surface area contributed by atoms with Crippen LogP contribution in [0.1, 0.15) is 33.5 Å². The van der Waals surface area contributed by atoms with E-state index < -0.39 is 5.92 Å². The molecule has 1 atom stereocenters. The van der Waals surface area contributed by atoms with Crippen LogP contribution in [0.3, 0.4) is 0 Å². The van der Waals surface area contributed by atoms with Crippen LogP contribution in [0.4, 0.5) is 0 Å².